The lowest BCUT2D eigenvalue weighted by Crippen LogP contribution is -2.41. The minimum absolute atomic E-state index is 0.111. The van der Waals surface area contributed by atoms with E-state index in [4.69, 9.17) is 11.6 Å². The average molecular weight is 414 g/mol. The molecule has 0 bridgehead atoms. The lowest BCUT2D eigenvalue weighted by molar-refractivity contribution is -0.116. The quantitative estimate of drug-likeness (QED) is 0.671. The van der Waals surface area contributed by atoms with E-state index in [9.17, 15) is 4.79 Å². The Morgan fingerprint density at radius 3 is 2.64 bits per heavy atom. The number of aryl methyl sites for hydroxylation is 3. The third-order valence-corrected chi connectivity index (χ3v) is 6.20. The van der Waals surface area contributed by atoms with Gasteiger partial charge in [0.1, 0.15) is 11.1 Å². The van der Waals surface area contributed by atoms with Crippen molar-refractivity contribution in [3.8, 4) is 0 Å². The lowest BCUT2D eigenvalue weighted by Gasteiger charge is -2.33. The van der Waals surface area contributed by atoms with Crippen LogP contribution in [0.1, 0.15) is 28.6 Å². The number of benzene rings is 2. The van der Waals surface area contributed by atoms with E-state index in [0.29, 0.717) is 15.9 Å². The second kappa shape index (κ2) is 7.48. The number of aromatic nitrogens is 3. The number of hydrogen-bond acceptors (Lipinski definition) is 5. The highest BCUT2D eigenvalue weighted by Crippen LogP contribution is 2.37. The first-order valence-electron chi connectivity index (χ1n) is 8.91. The summed E-state index contributed by atoms with van der Waals surface area (Å²) in [4.78, 5) is 13.2. The summed E-state index contributed by atoms with van der Waals surface area (Å²) in [5.41, 5.74) is 7.27. The van der Waals surface area contributed by atoms with Gasteiger partial charge in [-0.05, 0) is 44.0 Å². The second-order valence-electron chi connectivity index (χ2n) is 6.87. The summed E-state index contributed by atoms with van der Waals surface area (Å²) in [6.07, 6.45) is 0. The van der Waals surface area contributed by atoms with Gasteiger partial charge in [0.05, 0.1) is 6.04 Å². The zero-order chi connectivity index (χ0) is 19.8. The number of amides is 1. The molecule has 2 atom stereocenters. The Labute approximate surface area is 172 Å². The van der Waals surface area contributed by atoms with Gasteiger partial charge in [-0.15, -0.1) is 10.2 Å². The molecule has 1 aliphatic rings. The van der Waals surface area contributed by atoms with Gasteiger partial charge in [0.2, 0.25) is 11.1 Å². The van der Waals surface area contributed by atoms with Crippen LogP contribution >= 0.6 is 23.4 Å². The van der Waals surface area contributed by atoms with Crippen LogP contribution in [-0.4, -0.2) is 26.0 Å². The molecule has 0 spiro atoms. The summed E-state index contributed by atoms with van der Waals surface area (Å²) in [5.74, 6) is 0.643. The molecule has 28 heavy (non-hydrogen) atoms. The van der Waals surface area contributed by atoms with Crippen LogP contribution in [0.5, 0.6) is 0 Å². The van der Waals surface area contributed by atoms with Crippen molar-refractivity contribution in [1.82, 2.24) is 14.9 Å². The van der Waals surface area contributed by atoms with Crippen LogP contribution in [0.25, 0.3) is 0 Å². The van der Waals surface area contributed by atoms with E-state index >= 15 is 0 Å². The molecule has 0 aliphatic carbocycles. The van der Waals surface area contributed by atoms with Crippen LogP contribution in [-0.2, 0) is 4.79 Å². The molecule has 4 rings (SSSR count). The number of nitrogens with one attached hydrogen (secondary N) is 2. The monoisotopic (exact) mass is 413 g/mol. The zero-order valence-electron chi connectivity index (χ0n) is 15.7. The van der Waals surface area contributed by atoms with Crippen LogP contribution in [0.15, 0.2) is 47.6 Å². The topological polar surface area (TPSA) is 71.8 Å². The van der Waals surface area contributed by atoms with Crippen molar-refractivity contribution >= 4 is 35.0 Å². The molecule has 1 aliphatic heterocycles. The highest BCUT2D eigenvalue weighted by Gasteiger charge is 2.37. The first-order valence-corrected chi connectivity index (χ1v) is 10.2. The van der Waals surface area contributed by atoms with Crippen LogP contribution < -0.4 is 10.7 Å². The molecule has 2 unspecified atom stereocenters. The van der Waals surface area contributed by atoms with Gasteiger partial charge in [0.15, 0.2) is 0 Å². The number of thioether (sulfide) groups is 1. The van der Waals surface area contributed by atoms with Gasteiger partial charge in [-0.3, -0.25) is 4.79 Å². The molecule has 3 aromatic rings. The Balaban J connectivity index is 1.68. The molecule has 144 valence electrons. The fourth-order valence-electron chi connectivity index (χ4n) is 3.12. The molecule has 0 fully saturated rings. The minimum atomic E-state index is -0.419. The Morgan fingerprint density at radius 2 is 1.89 bits per heavy atom. The van der Waals surface area contributed by atoms with Crippen molar-refractivity contribution in [3.05, 3.63) is 70.0 Å². The fraction of sp³-hybridized carbons (Fsp3) is 0.250. The number of anilines is 1. The van der Waals surface area contributed by atoms with Crippen molar-refractivity contribution in [3.63, 3.8) is 0 Å². The van der Waals surface area contributed by atoms with Crippen molar-refractivity contribution in [1.29, 1.82) is 0 Å². The average Bonchev–Trinajstić information content (AvgIpc) is 3.04. The molecular formula is C20H20ClN5OS. The van der Waals surface area contributed by atoms with Crippen LogP contribution in [0.3, 0.4) is 0 Å². The summed E-state index contributed by atoms with van der Waals surface area (Å²) in [6.45, 7) is 5.86. The summed E-state index contributed by atoms with van der Waals surface area (Å²) in [5, 5.41) is 12.2. The minimum Gasteiger partial charge on any atom is -0.325 e. The van der Waals surface area contributed by atoms with E-state index in [2.05, 4.69) is 20.9 Å². The van der Waals surface area contributed by atoms with Gasteiger partial charge in [-0.1, -0.05) is 59.3 Å². The van der Waals surface area contributed by atoms with E-state index in [1.165, 1.54) is 17.3 Å². The van der Waals surface area contributed by atoms with Gasteiger partial charge in [-0.2, -0.15) is 0 Å². The van der Waals surface area contributed by atoms with Gasteiger partial charge in [0.25, 0.3) is 0 Å². The standard InChI is InChI=1S/C20H20ClN5OS/c1-11-4-7-14(8-5-11)17-18(28-20-24-23-13(3)26(20)25-17)19(27)22-16-10-15(21)9-6-12(16)2/h4-10,17-18,25H,1-3H3,(H,22,27). The van der Waals surface area contributed by atoms with E-state index in [-0.39, 0.29) is 11.9 Å². The van der Waals surface area contributed by atoms with Crippen LogP contribution in [0.2, 0.25) is 5.02 Å². The third-order valence-electron chi connectivity index (χ3n) is 4.75. The van der Waals surface area contributed by atoms with Gasteiger partial charge in [0, 0.05) is 10.7 Å². The van der Waals surface area contributed by atoms with Gasteiger partial charge >= 0.3 is 0 Å². The molecule has 1 amide bonds. The normalized spacial score (nSPS) is 18.3. The summed E-state index contributed by atoms with van der Waals surface area (Å²) >= 11 is 7.51. The SMILES string of the molecule is Cc1ccc(C2Nn3c(C)nnc3SC2C(=O)Nc2cc(Cl)ccc2C)cc1. The predicted molar refractivity (Wildman–Crippen MR) is 113 cm³/mol. The molecule has 2 heterocycles. The lowest BCUT2D eigenvalue weighted by atomic mass is 10.0. The predicted octanol–water partition coefficient (Wildman–Crippen LogP) is 4.25. The van der Waals surface area contributed by atoms with E-state index in [0.717, 1.165) is 17.0 Å². The van der Waals surface area contributed by atoms with Crippen LogP contribution in [0, 0.1) is 20.8 Å². The largest absolute Gasteiger partial charge is 0.325 e. The Morgan fingerprint density at radius 1 is 1.14 bits per heavy atom. The maximum Gasteiger partial charge on any atom is 0.240 e. The molecule has 0 radical (unpaired) electrons. The zero-order valence-corrected chi connectivity index (χ0v) is 17.3. The van der Waals surface area contributed by atoms with Crippen LogP contribution in [0.4, 0.5) is 5.69 Å². The maximum absolute atomic E-state index is 13.2. The maximum atomic E-state index is 13.2. The molecule has 2 N–H and O–H groups in total. The van der Waals surface area contributed by atoms with Gasteiger partial charge < -0.3 is 10.7 Å². The van der Waals surface area contributed by atoms with Crippen molar-refractivity contribution in [2.24, 2.45) is 0 Å². The molecule has 0 saturated heterocycles. The number of carbonyl (C=O) groups is 1. The fourth-order valence-corrected chi connectivity index (χ4v) is 4.41. The van der Waals surface area contributed by atoms with Gasteiger partial charge in [-0.25, -0.2) is 4.68 Å². The number of hydrogen-bond donors (Lipinski definition) is 2. The number of fused-ring (bicyclic) bond motifs is 1. The Hall–Kier alpha value is -2.51. The highest BCUT2D eigenvalue weighted by molar-refractivity contribution is 8.00. The summed E-state index contributed by atoms with van der Waals surface area (Å²) in [6, 6.07) is 13.4. The molecule has 6 nitrogen and oxygen atoms in total. The molecule has 2 aromatic carbocycles. The number of halogens is 1. The third kappa shape index (κ3) is 3.59. The van der Waals surface area contributed by atoms with E-state index in [1.54, 1.807) is 6.07 Å². The summed E-state index contributed by atoms with van der Waals surface area (Å²) in [7, 11) is 0. The second-order valence-corrected chi connectivity index (χ2v) is 8.41. The summed E-state index contributed by atoms with van der Waals surface area (Å²) < 4.78 is 1.84. The number of nitrogens with zero attached hydrogens (tertiary/aromatic N) is 3. The first-order chi connectivity index (χ1) is 13.4. The molecule has 0 saturated carbocycles. The van der Waals surface area contributed by atoms with E-state index in [1.807, 2.05) is 61.8 Å². The van der Waals surface area contributed by atoms with Crippen molar-refractivity contribution in [2.75, 3.05) is 10.7 Å². The van der Waals surface area contributed by atoms with Crippen molar-refractivity contribution < 1.29 is 4.79 Å². The Kier molecular flexibility index (Phi) is 5.03. The first kappa shape index (κ1) is 18.8. The van der Waals surface area contributed by atoms with E-state index < -0.39 is 5.25 Å². The van der Waals surface area contributed by atoms with Crippen molar-refractivity contribution in [2.45, 2.75) is 37.2 Å². The number of rotatable bonds is 3. The smallest absolute Gasteiger partial charge is 0.240 e. The highest BCUT2D eigenvalue weighted by atomic mass is 35.5. The molecule has 8 heteroatoms. The molecule has 1 aromatic heterocycles. The Bertz CT molecular complexity index is 1030. The number of carbonyl (C=O) groups excluding carboxylic acids is 1. The molecular weight excluding hydrogens is 394 g/mol.